The highest BCUT2D eigenvalue weighted by molar-refractivity contribution is 9.10. The first kappa shape index (κ1) is 15.4. The number of halogens is 1. The molecule has 0 radical (unpaired) electrons. The van der Waals surface area contributed by atoms with Crippen molar-refractivity contribution in [3.63, 3.8) is 0 Å². The summed E-state index contributed by atoms with van der Waals surface area (Å²) >= 11 is 5.02. The summed E-state index contributed by atoms with van der Waals surface area (Å²) in [4.78, 5) is 4.95. The van der Waals surface area contributed by atoms with Gasteiger partial charge in [-0.05, 0) is 24.3 Å². The zero-order chi connectivity index (χ0) is 15.7. The van der Waals surface area contributed by atoms with Gasteiger partial charge in [0.15, 0.2) is 9.84 Å². The van der Waals surface area contributed by atoms with Gasteiger partial charge in [0.1, 0.15) is 5.01 Å². The van der Waals surface area contributed by atoms with Crippen LogP contribution in [-0.2, 0) is 9.84 Å². The summed E-state index contributed by atoms with van der Waals surface area (Å²) in [6, 6.07) is 14.8. The minimum Gasteiger partial charge on any atom is -0.236 e. The molecule has 0 aliphatic heterocycles. The van der Waals surface area contributed by atoms with Crippen LogP contribution in [0.15, 0.2) is 63.3 Å². The van der Waals surface area contributed by atoms with Crippen molar-refractivity contribution in [1.29, 1.82) is 0 Å². The van der Waals surface area contributed by atoms with E-state index in [-0.39, 0.29) is 0 Å². The van der Waals surface area contributed by atoms with Crippen molar-refractivity contribution < 1.29 is 8.42 Å². The number of hydrogen-bond acceptors (Lipinski definition) is 4. The van der Waals surface area contributed by atoms with Crippen molar-refractivity contribution in [2.45, 2.75) is 4.90 Å². The van der Waals surface area contributed by atoms with Gasteiger partial charge in [-0.1, -0.05) is 40.2 Å². The molecule has 0 aliphatic rings. The molecule has 0 N–H and O–H groups in total. The lowest BCUT2D eigenvalue weighted by molar-refractivity contribution is 0.602. The average molecular weight is 394 g/mol. The average Bonchev–Trinajstić information content (AvgIpc) is 2.96. The Hall–Kier alpha value is -1.50. The number of thiazole rings is 1. The van der Waals surface area contributed by atoms with Crippen LogP contribution in [0.2, 0.25) is 0 Å². The summed E-state index contributed by atoms with van der Waals surface area (Å²) in [5.74, 6) is 0. The number of rotatable bonds is 3. The Balaban J connectivity index is 1.94. The second kappa shape index (κ2) is 5.95. The summed E-state index contributed by atoms with van der Waals surface area (Å²) in [6.07, 6.45) is 1.20. The number of benzene rings is 2. The first-order valence-corrected chi connectivity index (χ1v) is 10.0. The molecule has 0 bridgehead atoms. The molecule has 2 aromatic carbocycles. The van der Waals surface area contributed by atoms with Gasteiger partial charge in [0.05, 0.1) is 10.6 Å². The van der Waals surface area contributed by atoms with Crippen LogP contribution < -0.4 is 0 Å². The lowest BCUT2D eigenvalue weighted by Gasteiger charge is -2.00. The first-order chi connectivity index (χ1) is 10.4. The molecule has 1 heterocycles. The SMILES string of the molecule is CS(=O)(=O)c1ccc(-c2csc(-c3cccc(Br)c3)n2)cc1. The Bertz CT molecular complexity index is 915. The molecule has 0 fully saturated rings. The fraction of sp³-hybridized carbons (Fsp3) is 0.0625. The highest BCUT2D eigenvalue weighted by Gasteiger charge is 2.10. The summed E-state index contributed by atoms with van der Waals surface area (Å²) < 4.78 is 24.0. The van der Waals surface area contributed by atoms with E-state index in [0.29, 0.717) is 4.90 Å². The lowest BCUT2D eigenvalue weighted by Crippen LogP contribution is -1.96. The summed E-state index contributed by atoms with van der Waals surface area (Å²) in [7, 11) is -3.17. The van der Waals surface area contributed by atoms with Gasteiger partial charge in [0.2, 0.25) is 0 Å². The second-order valence-electron chi connectivity index (χ2n) is 4.84. The molecule has 0 atom stereocenters. The maximum Gasteiger partial charge on any atom is 0.175 e. The molecule has 0 unspecified atom stereocenters. The molecule has 0 aliphatic carbocycles. The van der Waals surface area contributed by atoms with Crippen LogP contribution in [0.3, 0.4) is 0 Å². The normalized spacial score (nSPS) is 11.5. The Morgan fingerprint density at radius 2 is 1.77 bits per heavy atom. The maximum atomic E-state index is 11.5. The molecule has 22 heavy (non-hydrogen) atoms. The van der Waals surface area contributed by atoms with Crippen LogP contribution in [0.4, 0.5) is 0 Å². The van der Waals surface area contributed by atoms with E-state index in [1.165, 1.54) is 6.26 Å². The smallest absolute Gasteiger partial charge is 0.175 e. The van der Waals surface area contributed by atoms with Crippen LogP contribution in [0.1, 0.15) is 0 Å². The molecular formula is C16H12BrNO2S2. The molecule has 6 heteroatoms. The van der Waals surface area contributed by atoms with Crippen molar-refractivity contribution in [3.05, 3.63) is 58.4 Å². The molecule has 3 nitrogen and oxygen atoms in total. The topological polar surface area (TPSA) is 47.0 Å². The summed E-state index contributed by atoms with van der Waals surface area (Å²) in [5.41, 5.74) is 2.81. The van der Waals surface area contributed by atoms with E-state index in [4.69, 9.17) is 0 Å². The van der Waals surface area contributed by atoms with Crippen LogP contribution in [0.25, 0.3) is 21.8 Å². The molecule has 3 aromatic rings. The van der Waals surface area contributed by atoms with E-state index < -0.39 is 9.84 Å². The first-order valence-electron chi connectivity index (χ1n) is 6.45. The van der Waals surface area contributed by atoms with Gasteiger partial charge < -0.3 is 0 Å². The van der Waals surface area contributed by atoms with E-state index in [0.717, 1.165) is 26.3 Å². The highest BCUT2D eigenvalue weighted by atomic mass is 79.9. The Kier molecular flexibility index (Phi) is 4.16. The Morgan fingerprint density at radius 1 is 1.05 bits per heavy atom. The van der Waals surface area contributed by atoms with Crippen LogP contribution in [0.5, 0.6) is 0 Å². The fourth-order valence-corrected chi connectivity index (χ4v) is 3.89. The molecular weight excluding hydrogens is 382 g/mol. The third kappa shape index (κ3) is 3.29. The van der Waals surface area contributed by atoms with Gasteiger partial charge in [-0.2, -0.15) is 0 Å². The quantitative estimate of drug-likeness (QED) is 0.650. The molecule has 0 saturated carbocycles. The van der Waals surface area contributed by atoms with Crippen LogP contribution >= 0.6 is 27.3 Å². The van der Waals surface area contributed by atoms with Gasteiger partial charge in [0.25, 0.3) is 0 Å². The molecule has 0 saturated heterocycles. The maximum absolute atomic E-state index is 11.5. The van der Waals surface area contributed by atoms with Gasteiger partial charge in [-0.15, -0.1) is 11.3 Å². The minimum absolute atomic E-state index is 0.318. The van der Waals surface area contributed by atoms with E-state index in [9.17, 15) is 8.42 Å². The van der Waals surface area contributed by atoms with Crippen molar-refractivity contribution in [1.82, 2.24) is 4.98 Å². The summed E-state index contributed by atoms with van der Waals surface area (Å²) in [6.45, 7) is 0. The van der Waals surface area contributed by atoms with Crippen LogP contribution in [-0.4, -0.2) is 19.7 Å². The summed E-state index contributed by atoms with van der Waals surface area (Å²) in [5, 5.41) is 2.91. The molecule has 0 spiro atoms. The van der Waals surface area contributed by atoms with E-state index in [1.807, 2.05) is 29.6 Å². The van der Waals surface area contributed by atoms with Gasteiger partial charge in [0, 0.05) is 27.2 Å². The van der Waals surface area contributed by atoms with Crippen molar-refractivity contribution in [2.75, 3.05) is 6.26 Å². The van der Waals surface area contributed by atoms with Crippen LogP contribution in [0, 0.1) is 0 Å². The largest absolute Gasteiger partial charge is 0.236 e. The third-order valence-corrected chi connectivity index (χ3v) is 5.67. The number of sulfone groups is 1. The number of aromatic nitrogens is 1. The van der Waals surface area contributed by atoms with Crippen molar-refractivity contribution in [2.24, 2.45) is 0 Å². The Labute approximate surface area is 141 Å². The zero-order valence-corrected chi connectivity index (χ0v) is 14.9. The fourth-order valence-electron chi connectivity index (χ4n) is 2.03. The standard InChI is InChI=1S/C16H12BrNO2S2/c1-22(19,20)14-7-5-11(6-8-14)15-10-21-16(18-15)12-3-2-4-13(17)9-12/h2-10H,1H3. The minimum atomic E-state index is -3.17. The van der Waals surface area contributed by atoms with Gasteiger partial charge >= 0.3 is 0 Å². The predicted octanol–water partition coefficient (Wildman–Crippen LogP) is 4.64. The lowest BCUT2D eigenvalue weighted by atomic mass is 10.2. The van der Waals surface area contributed by atoms with Crippen molar-refractivity contribution >= 4 is 37.1 Å². The zero-order valence-electron chi connectivity index (χ0n) is 11.7. The van der Waals surface area contributed by atoms with Crippen molar-refractivity contribution in [3.8, 4) is 21.8 Å². The highest BCUT2D eigenvalue weighted by Crippen LogP contribution is 2.30. The molecule has 112 valence electrons. The van der Waals surface area contributed by atoms with E-state index >= 15 is 0 Å². The monoisotopic (exact) mass is 393 g/mol. The van der Waals surface area contributed by atoms with Gasteiger partial charge in [-0.3, -0.25) is 0 Å². The third-order valence-electron chi connectivity index (χ3n) is 3.15. The van der Waals surface area contributed by atoms with Gasteiger partial charge in [-0.25, -0.2) is 13.4 Å². The van der Waals surface area contributed by atoms with E-state index in [2.05, 4.69) is 20.9 Å². The molecule has 3 rings (SSSR count). The predicted molar refractivity (Wildman–Crippen MR) is 93.8 cm³/mol. The number of nitrogens with zero attached hydrogens (tertiary/aromatic N) is 1. The molecule has 1 aromatic heterocycles. The second-order valence-corrected chi connectivity index (χ2v) is 8.63. The molecule has 0 amide bonds. The number of hydrogen-bond donors (Lipinski definition) is 0. The van der Waals surface area contributed by atoms with E-state index in [1.54, 1.807) is 35.6 Å². The Morgan fingerprint density at radius 3 is 2.41 bits per heavy atom.